The Hall–Kier alpha value is -7.46. The second-order valence-corrected chi connectivity index (χ2v) is 24.5. The number of halogens is 1. The zero-order valence-electron chi connectivity index (χ0n) is 41.9. The maximum Gasteiger partial charge on any atom is 0.312 e. The number of nitrogens with one attached hydrogen (secondary N) is 3. The molecular formula is C47H57BrN19O6S2+. The lowest BCUT2D eigenvalue weighted by Gasteiger charge is -2.36. The van der Waals surface area contributed by atoms with Crippen LogP contribution in [0.1, 0.15) is 106 Å². The minimum Gasteiger partial charge on any atom is -0.481 e. The molecule has 0 saturated heterocycles. The van der Waals surface area contributed by atoms with E-state index in [2.05, 4.69) is 82.5 Å². The van der Waals surface area contributed by atoms with Gasteiger partial charge in [0.25, 0.3) is 0 Å². The molecule has 8 aromatic rings. The molecule has 0 radical (unpaired) electrons. The third-order valence-electron chi connectivity index (χ3n) is 13.6. The molecule has 6 aromatic heterocycles. The van der Waals surface area contributed by atoms with Gasteiger partial charge in [-0.1, -0.05) is 99.3 Å². The normalized spacial score (nSPS) is 14.8. The summed E-state index contributed by atoms with van der Waals surface area (Å²) in [5.74, 6) is -8.15. The molecule has 0 aliphatic carbocycles. The Bertz CT molecular complexity index is 3350. The van der Waals surface area contributed by atoms with Crippen LogP contribution in [-0.4, -0.2) is 111 Å². The summed E-state index contributed by atoms with van der Waals surface area (Å²) in [5.41, 5.74) is 18.6. The molecule has 28 heteroatoms. The number of aromatic amines is 3. The smallest absolute Gasteiger partial charge is 0.312 e. The molecule has 2 aromatic carbocycles. The zero-order valence-corrected chi connectivity index (χ0v) is 45.1. The Morgan fingerprint density at radius 2 is 1.33 bits per heavy atom. The number of carboxylic acids is 3. The molecular weight excluding hydrogens is 1070 g/mol. The predicted molar refractivity (Wildman–Crippen MR) is 279 cm³/mol. The van der Waals surface area contributed by atoms with E-state index < -0.39 is 69.7 Å². The Labute approximate surface area is 444 Å². The van der Waals surface area contributed by atoms with Crippen LogP contribution in [0.5, 0.6) is 0 Å². The molecule has 0 aliphatic rings. The van der Waals surface area contributed by atoms with Gasteiger partial charge in [0.1, 0.15) is 6.54 Å². The van der Waals surface area contributed by atoms with Crippen LogP contribution in [-0.2, 0) is 46.6 Å². The van der Waals surface area contributed by atoms with Crippen molar-refractivity contribution >= 4 is 93.9 Å². The maximum atomic E-state index is 13.8. The Kier molecular flexibility index (Phi) is 15.4. The van der Waals surface area contributed by atoms with E-state index in [-0.39, 0.29) is 61.5 Å². The average Bonchev–Trinajstić information content (AvgIpc) is 4.16. The molecule has 12 N–H and O–H groups in total. The number of thiazole rings is 2. The topological polar surface area (TPSA) is 395 Å². The SMILES string of the molecule is CC(C)(C)C(C(=O)O)C(Cc1cccc2sc(N)nc12)c1n[nH][n+](CC(C)(C)C(C(=O)O)C(Cc2cc(CC(C)(C)C(C(=O)O)C(Cc3ccc(N=C(N)N)nc3)c3nn[nH]n3)cc3sc(Br)nc23)c2nn[nH]n2)n1. The summed E-state index contributed by atoms with van der Waals surface area (Å²) >= 11 is 6.28. The summed E-state index contributed by atoms with van der Waals surface area (Å²) in [4.78, 5) is 59.6. The fourth-order valence-corrected chi connectivity index (χ4v) is 12.9. The number of benzene rings is 2. The number of aliphatic carboxylic acids is 3. The van der Waals surface area contributed by atoms with E-state index in [1.807, 2.05) is 65.0 Å². The van der Waals surface area contributed by atoms with Crippen LogP contribution in [0.4, 0.5) is 10.9 Å². The van der Waals surface area contributed by atoms with Gasteiger partial charge in [-0.05, 0) is 103 Å². The number of rotatable bonds is 22. The largest absolute Gasteiger partial charge is 0.481 e. The molecule has 0 saturated carbocycles. The predicted octanol–water partition coefficient (Wildman–Crippen LogP) is 5.11. The van der Waals surface area contributed by atoms with Crippen LogP contribution in [0, 0.1) is 34.0 Å². The average molecular weight is 1130 g/mol. The number of aliphatic imine (C=N–C) groups is 1. The van der Waals surface area contributed by atoms with Crippen LogP contribution in [0.3, 0.4) is 0 Å². The fourth-order valence-electron chi connectivity index (χ4n) is 10.6. The fraction of sp³-hybridized carbons (Fsp3) is 0.447. The van der Waals surface area contributed by atoms with Gasteiger partial charge >= 0.3 is 23.7 Å². The number of para-hydroxylation sites is 1. The lowest BCUT2D eigenvalue weighted by molar-refractivity contribution is -0.815. The second kappa shape index (κ2) is 21.4. The van der Waals surface area contributed by atoms with Crippen molar-refractivity contribution in [2.24, 2.45) is 50.5 Å². The number of hydrogen-bond donors (Lipinski definition) is 9. The number of carboxylic acid groups (broad SMARTS) is 3. The Morgan fingerprint density at radius 1 is 0.720 bits per heavy atom. The van der Waals surface area contributed by atoms with Crippen LogP contribution < -0.4 is 22.0 Å². The van der Waals surface area contributed by atoms with Crippen molar-refractivity contribution in [1.82, 2.24) is 71.6 Å². The minimum absolute atomic E-state index is 0.00994. The van der Waals surface area contributed by atoms with E-state index in [0.29, 0.717) is 31.2 Å². The number of tetrazole rings is 3. The van der Waals surface area contributed by atoms with Crippen molar-refractivity contribution in [3.05, 3.63) is 92.3 Å². The number of nitrogen functional groups attached to an aromatic ring is 1. The number of nitrogens with zero attached hydrogens (tertiary/aromatic N) is 13. The van der Waals surface area contributed by atoms with E-state index in [1.54, 1.807) is 32.2 Å². The van der Waals surface area contributed by atoms with Gasteiger partial charge in [-0.2, -0.15) is 15.4 Å². The molecule has 0 amide bonds. The van der Waals surface area contributed by atoms with Gasteiger partial charge in [0.2, 0.25) is 0 Å². The van der Waals surface area contributed by atoms with Gasteiger partial charge in [-0.3, -0.25) is 14.4 Å². The van der Waals surface area contributed by atoms with Gasteiger partial charge in [0.15, 0.2) is 32.5 Å². The third kappa shape index (κ3) is 12.1. The number of aromatic nitrogens is 15. The zero-order chi connectivity index (χ0) is 54.1. The highest BCUT2D eigenvalue weighted by atomic mass is 79.9. The summed E-state index contributed by atoms with van der Waals surface area (Å²) < 4.78 is 2.23. The standard InChI is InChI=1S/C47H56BrN19O6S2/c1-45(2,3)31(39(68)69)26(16-23-9-8-10-28-34(23)55-44(51)75-28)38-60-66-67(61-38)20-47(6,7)33(41(72)73)27(37-58-64-65-59-37)17-24-13-22(15-29-35(24)54-42(48)74-29)18-46(4,5)32(40(70)71)25(36-56-62-63-57-36)14-21-11-12-30(52-19-21)53-43(49)50/h8-13,15,19,25-27,31-33H,14,16-18,20H2,1-7H3,(H11,49,50,51,52,53,55,56,57,58,59,62,63,64,65,68,69,70,71,72,73)/p+1. The summed E-state index contributed by atoms with van der Waals surface area (Å²) in [6, 6.07) is 13.0. The van der Waals surface area contributed by atoms with Crippen LogP contribution >= 0.6 is 38.6 Å². The van der Waals surface area contributed by atoms with E-state index in [4.69, 9.17) is 27.3 Å². The van der Waals surface area contributed by atoms with Gasteiger partial charge in [0, 0.05) is 23.4 Å². The molecule has 75 heavy (non-hydrogen) atoms. The summed E-state index contributed by atoms with van der Waals surface area (Å²) in [6.45, 7) is 12.9. The number of guanidine groups is 1. The van der Waals surface area contributed by atoms with Crippen molar-refractivity contribution in [3.63, 3.8) is 0 Å². The molecule has 0 bridgehead atoms. The van der Waals surface area contributed by atoms with E-state index >= 15 is 0 Å². The summed E-state index contributed by atoms with van der Waals surface area (Å²) in [5, 5.41) is 75.5. The molecule has 25 nitrogen and oxygen atoms in total. The number of H-pyrrole nitrogens is 3. The molecule has 0 spiro atoms. The minimum atomic E-state index is -1.20. The third-order valence-corrected chi connectivity index (χ3v) is 15.9. The van der Waals surface area contributed by atoms with Crippen LogP contribution in [0.2, 0.25) is 0 Å². The number of anilines is 1. The lowest BCUT2D eigenvalue weighted by Crippen LogP contribution is -2.51. The molecule has 0 aliphatic heterocycles. The Balaban J connectivity index is 1.12. The quantitative estimate of drug-likeness (QED) is 0.0242. The molecule has 394 valence electrons. The highest BCUT2D eigenvalue weighted by Gasteiger charge is 2.48. The van der Waals surface area contributed by atoms with Crippen LogP contribution in [0.15, 0.2) is 57.6 Å². The molecule has 6 unspecified atom stereocenters. The lowest BCUT2D eigenvalue weighted by atomic mass is 9.66. The van der Waals surface area contributed by atoms with Crippen molar-refractivity contribution in [2.75, 3.05) is 5.73 Å². The first-order valence-electron chi connectivity index (χ1n) is 23.6. The number of pyridine rings is 1. The molecule has 8 rings (SSSR count). The molecule has 6 heterocycles. The van der Waals surface area contributed by atoms with E-state index in [9.17, 15) is 29.7 Å². The number of hydrogen-bond acceptors (Lipinski definition) is 18. The first kappa shape index (κ1) is 53.8. The van der Waals surface area contributed by atoms with E-state index in [0.717, 1.165) is 20.5 Å². The highest BCUT2D eigenvalue weighted by Crippen LogP contribution is 2.46. The highest BCUT2D eigenvalue weighted by molar-refractivity contribution is 9.11. The van der Waals surface area contributed by atoms with Crippen molar-refractivity contribution < 1.29 is 34.5 Å². The maximum absolute atomic E-state index is 13.8. The van der Waals surface area contributed by atoms with Crippen molar-refractivity contribution in [1.29, 1.82) is 0 Å². The molecule has 6 atom stereocenters. The first-order chi connectivity index (χ1) is 35.4. The van der Waals surface area contributed by atoms with Crippen LogP contribution in [0.25, 0.3) is 20.4 Å². The Morgan fingerprint density at radius 3 is 1.92 bits per heavy atom. The number of fused-ring (bicyclic) bond motifs is 2. The van der Waals surface area contributed by atoms with Crippen molar-refractivity contribution in [3.8, 4) is 0 Å². The van der Waals surface area contributed by atoms with Gasteiger partial charge < -0.3 is 32.5 Å². The number of carbonyl (C=O) groups is 3. The monoisotopic (exact) mass is 1130 g/mol. The van der Waals surface area contributed by atoms with E-state index in [1.165, 1.54) is 27.5 Å². The number of nitrogens with two attached hydrogens (primary N) is 3. The molecule has 0 fully saturated rings. The van der Waals surface area contributed by atoms with Gasteiger partial charge in [-0.15, -0.1) is 31.7 Å². The first-order valence-corrected chi connectivity index (χ1v) is 26.0. The van der Waals surface area contributed by atoms with Crippen molar-refractivity contribution in [2.45, 2.75) is 98.4 Å². The summed E-state index contributed by atoms with van der Waals surface area (Å²) in [7, 11) is 0. The van der Waals surface area contributed by atoms with Gasteiger partial charge in [-0.25, -0.2) is 15.0 Å². The second-order valence-electron chi connectivity index (χ2n) is 21.1. The summed E-state index contributed by atoms with van der Waals surface area (Å²) in [6.07, 6.45) is 2.31. The van der Waals surface area contributed by atoms with Gasteiger partial charge in [0.05, 0.1) is 49.2 Å².